The molecule has 0 bridgehead atoms. The molecule has 0 aromatic carbocycles. The van der Waals surface area contributed by atoms with Gasteiger partial charge in [0, 0.05) is 6.20 Å². The van der Waals surface area contributed by atoms with Crippen molar-refractivity contribution in [3.8, 4) is 11.5 Å². The highest BCUT2D eigenvalue weighted by Crippen LogP contribution is 2.26. The van der Waals surface area contributed by atoms with Crippen LogP contribution in [0.1, 0.15) is 32.5 Å². The van der Waals surface area contributed by atoms with Crippen LogP contribution in [0.25, 0.3) is 11.5 Å². The molecule has 96 valence electrons. The zero-order chi connectivity index (χ0) is 13.2. The average molecular weight is 250 g/mol. The van der Waals surface area contributed by atoms with Gasteiger partial charge in [-0.15, -0.1) is 0 Å². The Morgan fingerprint density at radius 2 is 2.11 bits per heavy atom. The van der Waals surface area contributed by atoms with Crippen molar-refractivity contribution in [3.63, 3.8) is 0 Å². The van der Waals surface area contributed by atoms with E-state index >= 15 is 0 Å². The molecule has 0 aliphatic carbocycles. The van der Waals surface area contributed by atoms with Gasteiger partial charge in [0.2, 0.25) is 0 Å². The first-order chi connectivity index (χ1) is 8.60. The minimum Gasteiger partial charge on any atom is -0.334 e. The third-order valence-electron chi connectivity index (χ3n) is 3.14. The summed E-state index contributed by atoms with van der Waals surface area (Å²) < 4.78 is 18.6. The average Bonchev–Trinajstić information content (AvgIpc) is 2.88. The van der Waals surface area contributed by atoms with Crippen LogP contribution in [0.4, 0.5) is 4.39 Å². The van der Waals surface area contributed by atoms with Gasteiger partial charge in [-0.2, -0.15) is 4.98 Å². The maximum atomic E-state index is 13.5. The smallest absolute Gasteiger partial charge is 0.261 e. The van der Waals surface area contributed by atoms with Crippen molar-refractivity contribution in [2.24, 2.45) is 5.73 Å². The van der Waals surface area contributed by atoms with Gasteiger partial charge in [0.05, 0.1) is 17.3 Å². The lowest BCUT2D eigenvalue weighted by molar-refractivity contribution is 0.350. The fourth-order valence-corrected chi connectivity index (χ4v) is 1.65. The van der Waals surface area contributed by atoms with Crippen LogP contribution in [-0.2, 0) is 5.54 Å². The van der Waals surface area contributed by atoms with Crippen molar-refractivity contribution < 1.29 is 8.91 Å². The van der Waals surface area contributed by atoms with Crippen molar-refractivity contribution >= 4 is 0 Å². The molecule has 2 heterocycles. The molecule has 2 aromatic rings. The molecule has 18 heavy (non-hydrogen) atoms. The highest BCUT2D eigenvalue weighted by atomic mass is 19.1. The monoisotopic (exact) mass is 250 g/mol. The number of hydrogen-bond acceptors (Lipinski definition) is 5. The van der Waals surface area contributed by atoms with Crippen LogP contribution in [0, 0.1) is 5.82 Å². The van der Waals surface area contributed by atoms with E-state index in [1.54, 1.807) is 0 Å². The summed E-state index contributed by atoms with van der Waals surface area (Å²) in [7, 11) is 0. The second kappa shape index (κ2) is 4.81. The molecule has 2 N–H and O–H groups in total. The van der Waals surface area contributed by atoms with Gasteiger partial charge in [0.15, 0.2) is 11.6 Å². The van der Waals surface area contributed by atoms with E-state index in [0.717, 1.165) is 6.20 Å². The Labute approximate surface area is 104 Å². The number of nitrogens with two attached hydrogens (primary N) is 1. The van der Waals surface area contributed by atoms with E-state index in [4.69, 9.17) is 10.3 Å². The second-order valence-corrected chi connectivity index (χ2v) is 4.14. The summed E-state index contributed by atoms with van der Waals surface area (Å²) in [6.07, 6.45) is 3.94. The zero-order valence-corrected chi connectivity index (χ0v) is 10.4. The van der Waals surface area contributed by atoms with E-state index in [-0.39, 0.29) is 11.5 Å². The lowest BCUT2D eigenvalue weighted by Gasteiger charge is -2.21. The standard InChI is InChI=1S/C12H15FN4O/c1-3-12(14,4-2)11-16-10(18-17-11)8-5-6-15-7-9(8)13/h5-7H,3-4,14H2,1-2H3. The molecule has 2 rings (SSSR count). The summed E-state index contributed by atoms with van der Waals surface area (Å²) in [4.78, 5) is 7.85. The largest absolute Gasteiger partial charge is 0.334 e. The summed E-state index contributed by atoms with van der Waals surface area (Å²) in [6.45, 7) is 3.90. The number of halogens is 1. The summed E-state index contributed by atoms with van der Waals surface area (Å²) in [5, 5.41) is 3.85. The fraction of sp³-hybridized carbons (Fsp3) is 0.417. The number of pyridine rings is 1. The molecule has 2 aromatic heterocycles. The Bertz CT molecular complexity index is 536. The predicted molar refractivity (Wildman–Crippen MR) is 63.9 cm³/mol. The van der Waals surface area contributed by atoms with E-state index in [9.17, 15) is 4.39 Å². The SMILES string of the molecule is CCC(N)(CC)c1noc(-c2ccncc2F)n1. The van der Waals surface area contributed by atoms with Crippen molar-refractivity contribution in [1.29, 1.82) is 0 Å². The molecule has 0 fully saturated rings. The second-order valence-electron chi connectivity index (χ2n) is 4.14. The highest BCUT2D eigenvalue weighted by Gasteiger charge is 2.29. The van der Waals surface area contributed by atoms with Crippen LogP contribution < -0.4 is 5.73 Å². The topological polar surface area (TPSA) is 77.8 Å². The van der Waals surface area contributed by atoms with Gasteiger partial charge in [0.25, 0.3) is 5.89 Å². The number of rotatable bonds is 4. The Kier molecular flexibility index (Phi) is 3.38. The molecule has 0 aliphatic rings. The van der Waals surface area contributed by atoms with E-state index in [1.165, 1.54) is 12.3 Å². The molecule has 5 nitrogen and oxygen atoms in total. The van der Waals surface area contributed by atoms with Crippen LogP contribution in [0.2, 0.25) is 0 Å². The summed E-state index contributed by atoms with van der Waals surface area (Å²) in [5.41, 5.74) is 5.76. The molecule has 6 heteroatoms. The Morgan fingerprint density at radius 1 is 1.39 bits per heavy atom. The number of aromatic nitrogens is 3. The molecular weight excluding hydrogens is 235 g/mol. The summed E-state index contributed by atoms with van der Waals surface area (Å²) in [5.74, 6) is 0.0312. The Hall–Kier alpha value is -1.82. The number of nitrogens with zero attached hydrogens (tertiary/aromatic N) is 3. The van der Waals surface area contributed by atoms with Gasteiger partial charge >= 0.3 is 0 Å². The maximum Gasteiger partial charge on any atom is 0.261 e. The van der Waals surface area contributed by atoms with Crippen molar-refractivity contribution in [1.82, 2.24) is 15.1 Å². The quantitative estimate of drug-likeness (QED) is 0.900. The molecule has 0 radical (unpaired) electrons. The van der Waals surface area contributed by atoms with Crippen molar-refractivity contribution in [2.75, 3.05) is 0 Å². The minimum absolute atomic E-state index is 0.127. The first-order valence-electron chi connectivity index (χ1n) is 5.83. The third kappa shape index (κ3) is 2.11. The van der Waals surface area contributed by atoms with Gasteiger partial charge in [-0.1, -0.05) is 19.0 Å². The highest BCUT2D eigenvalue weighted by molar-refractivity contribution is 5.52. The van der Waals surface area contributed by atoms with E-state index in [2.05, 4.69) is 15.1 Å². The Morgan fingerprint density at radius 3 is 2.72 bits per heavy atom. The maximum absolute atomic E-state index is 13.5. The lowest BCUT2D eigenvalue weighted by atomic mass is 9.93. The van der Waals surface area contributed by atoms with Gasteiger partial charge in [-0.05, 0) is 18.9 Å². The first-order valence-corrected chi connectivity index (χ1v) is 5.83. The van der Waals surface area contributed by atoms with Crippen molar-refractivity contribution in [3.05, 3.63) is 30.1 Å². The Balaban J connectivity index is 2.40. The number of hydrogen-bond donors (Lipinski definition) is 1. The van der Waals surface area contributed by atoms with E-state index in [0.29, 0.717) is 18.7 Å². The van der Waals surface area contributed by atoms with Crippen LogP contribution in [0.3, 0.4) is 0 Å². The minimum atomic E-state index is -0.634. The van der Waals surface area contributed by atoms with Gasteiger partial charge in [0.1, 0.15) is 0 Å². The summed E-state index contributed by atoms with van der Waals surface area (Å²) in [6, 6.07) is 1.49. The van der Waals surface area contributed by atoms with Gasteiger partial charge in [-0.3, -0.25) is 4.98 Å². The van der Waals surface area contributed by atoms with Crippen molar-refractivity contribution in [2.45, 2.75) is 32.2 Å². The third-order valence-corrected chi connectivity index (χ3v) is 3.14. The zero-order valence-electron chi connectivity index (χ0n) is 10.4. The van der Waals surface area contributed by atoms with Crippen LogP contribution in [0.5, 0.6) is 0 Å². The molecule has 0 spiro atoms. The molecule has 0 unspecified atom stereocenters. The molecule has 0 aliphatic heterocycles. The molecule has 0 saturated heterocycles. The van der Waals surface area contributed by atoms with Gasteiger partial charge in [-0.25, -0.2) is 4.39 Å². The van der Waals surface area contributed by atoms with Crippen LogP contribution in [0.15, 0.2) is 23.0 Å². The van der Waals surface area contributed by atoms with Crippen LogP contribution >= 0.6 is 0 Å². The molecule has 0 amide bonds. The van der Waals surface area contributed by atoms with E-state index in [1.807, 2.05) is 13.8 Å². The molecule has 0 atom stereocenters. The molecular formula is C12H15FN4O. The first kappa shape index (κ1) is 12.6. The summed E-state index contributed by atoms with van der Waals surface area (Å²) >= 11 is 0. The van der Waals surface area contributed by atoms with Gasteiger partial charge < -0.3 is 10.3 Å². The molecule has 0 saturated carbocycles. The fourth-order valence-electron chi connectivity index (χ4n) is 1.65. The lowest BCUT2D eigenvalue weighted by Crippen LogP contribution is -2.36. The predicted octanol–water partition coefficient (Wildman–Crippen LogP) is 2.24. The normalized spacial score (nSPS) is 11.8. The van der Waals surface area contributed by atoms with E-state index < -0.39 is 11.4 Å². The van der Waals surface area contributed by atoms with Crippen LogP contribution in [-0.4, -0.2) is 15.1 Å².